The number of nitrogens with zero attached hydrogens (tertiary/aromatic N) is 1. The molecule has 0 rings (SSSR count). The fourth-order valence-electron chi connectivity index (χ4n) is 6.18. The van der Waals surface area contributed by atoms with Gasteiger partial charge < -0.3 is 24.0 Å². The molecule has 0 aliphatic heterocycles. The predicted octanol–water partition coefficient (Wildman–Crippen LogP) is 13.3. The van der Waals surface area contributed by atoms with Crippen molar-refractivity contribution in [2.75, 3.05) is 47.5 Å². The van der Waals surface area contributed by atoms with Gasteiger partial charge in [-0.1, -0.05) is 176 Å². The van der Waals surface area contributed by atoms with Crippen molar-refractivity contribution in [2.45, 2.75) is 187 Å². The highest BCUT2D eigenvalue weighted by molar-refractivity contribution is 7.47. The third-order valence-electron chi connectivity index (χ3n) is 10.0. The van der Waals surface area contributed by atoms with E-state index in [2.05, 4.69) is 56.4 Å². The average molecular weight is 905 g/mol. The number of aliphatic hydroxyl groups is 1. The molecule has 0 fully saturated rings. The van der Waals surface area contributed by atoms with Crippen LogP contribution in [0.1, 0.15) is 174 Å². The maximum atomic E-state index is 12.7. The van der Waals surface area contributed by atoms with Gasteiger partial charge in [-0.3, -0.25) is 18.6 Å². The Balaban J connectivity index is 4.45. The van der Waals surface area contributed by atoms with E-state index in [0.717, 1.165) is 44.9 Å². The summed E-state index contributed by atoms with van der Waals surface area (Å²) in [5.74, 6) is -0.924. The van der Waals surface area contributed by atoms with Crippen molar-refractivity contribution < 1.29 is 47.2 Å². The number of hydrogen-bond acceptors (Lipinski definition) is 8. The van der Waals surface area contributed by atoms with Crippen LogP contribution >= 0.6 is 7.82 Å². The molecular formula is C52H91NO9P+. The number of rotatable bonds is 43. The first-order valence-corrected chi connectivity index (χ1v) is 25.9. The van der Waals surface area contributed by atoms with E-state index in [1.807, 2.05) is 57.6 Å². The molecule has 0 aromatic rings. The number of carbonyl (C=O) groups excluding carboxylic acids is 2. The van der Waals surface area contributed by atoms with E-state index < -0.39 is 38.6 Å². The Morgan fingerprint density at radius 3 is 1.71 bits per heavy atom. The van der Waals surface area contributed by atoms with Crippen molar-refractivity contribution in [2.24, 2.45) is 0 Å². The van der Waals surface area contributed by atoms with Gasteiger partial charge in [-0.05, 0) is 70.6 Å². The van der Waals surface area contributed by atoms with E-state index in [4.69, 9.17) is 18.5 Å². The lowest BCUT2D eigenvalue weighted by Gasteiger charge is -2.24. The number of aliphatic hydroxyl groups excluding tert-OH is 1. The third-order valence-corrected chi connectivity index (χ3v) is 11.0. The first-order chi connectivity index (χ1) is 30.4. The summed E-state index contributed by atoms with van der Waals surface area (Å²) in [6.45, 7) is 4.11. The van der Waals surface area contributed by atoms with E-state index >= 15 is 0 Å². The summed E-state index contributed by atoms with van der Waals surface area (Å²) in [7, 11) is 1.40. The number of esters is 2. The molecule has 2 N–H and O–H groups in total. The van der Waals surface area contributed by atoms with Crippen molar-refractivity contribution >= 4 is 19.8 Å². The summed E-state index contributed by atoms with van der Waals surface area (Å²) in [4.78, 5) is 35.5. The first kappa shape index (κ1) is 60.2. The SMILES string of the molecule is CC/C=C\CC(O)/C=C/C=C/C/C=C\C/C=C\C/C=C\CCC(=O)OC[C@H](COP(=O)(O)OCC[N+](C)(C)C)OC(=O)CCCCCCCCCCC/C=C\CCCCCCCC. The second kappa shape index (κ2) is 43.1. The van der Waals surface area contributed by atoms with Crippen LogP contribution in [0.15, 0.2) is 85.1 Å². The zero-order chi connectivity index (χ0) is 46.5. The number of allylic oxidation sites excluding steroid dienone is 12. The highest BCUT2D eigenvalue weighted by atomic mass is 31.2. The molecule has 0 radical (unpaired) electrons. The number of likely N-dealkylation sites (N-methyl/N-ethyl adjacent to an activating group) is 1. The van der Waals surface area contributed by atoms with Gasteiger partial charge in [0.15, 0.2) is 6.10 Å². The summed E-state index contributed by atoms with van der Waals surface area (Å²) >= 11 is 0. The van der Waals surface area contributed by atoms with E-state index in [1.54, 1.807) is 6.08 Å². The Bertz CT molecular complexity index is 1360. The van der Waals surface area contributed by atoms with Gasteiger partial charge in [0.2, 0.25) is 0 Å². The molecule has 0 aliphatic rings. The predicted molar refractivity (Wildman–Crippen MR) is 262 cm³/mol. The molecule has 2 unspecified atom stereocenters. The standard InChI is InChI=1S/C52H90NO9P/c1-6-8-10-11-12-13-14-15-16-17-18-19-20-23-27-30-33-36-40-44-52(56)62-50(48-61-63(57,58)60-46-45-53(3,4)5)47-59-51(55)43-39-35-32-29-26-24-21-22-25-28-31-34-38-42-49(54)41-37-9-7-2/h9,15-16,22,24-26,31-32,34-35,37-38,42,49-50,54H,6-8,10-14,17-21,23,27-30,33,36,39-41,43-48H2,1-5H3/p+1/b16-15-,25-22-,26-24-,34-31+,35-32-,37-9-,42-38+/t49?,50-/m1/s1. The minimum atomic E-state index is -4.41. The van der Waals surface area contributed by atoms with Gasteiger partial charge in [0.25, 0.3) is 0 Å². The molecule has 11 heteroatoms. The molecule has 0 saturated heterocycles. The maximum absolute atomic E-state index is 12.7. The molecule has 0 amide bonds. The molecule has 0 aliphatic carbocycles. The van der Waals surface area contributed by atoms with Crippen LogP contribution in [0, 0.1) is 0 Å². The Hall–Kier alpha value is -2.85. The summed E-state index contributed by atoms with van der Waals surface area (Å²) in [6.07, 6.45) is 52.6. The first-order valence-electron chi connectivity index (χ1n) is 24.4. The quantitative estimate of drug-likeness (QED) is 0.0153. The van der Waals surface area contributed by atoms with Crippen LogP contribution in [-0.2, 0) is 32.7 Å². The van der Waals surface area contributed by atoms with Gasteiger partial charge in [0, 0.05) is 12.8 Å². The van der Waals surface area contributed by atoms with E-state index in [1.165, 1.54) is 83.5 Å². The van der Waals surface area contributed by atoms with E-state index in [9.17, 15) is 24.2 Å². The van der Waals surface area contributed by atoms with Gasteiger partial charge in [0.05, 0.1) is 33.9 Å². The molecule has 0 spiro atoms. The molecule has 10 nitrogen and oxygen atoms in total. The van der Waals surface area contributed by atoms with Gasteiger partial charge in [-0.15, -0.1) is 0 Å². The average Bonchev–Trinajstić information content (AvgIpc) is 3.23. The van der Waals surface area contributed by atoms with Gasteiger partial charge >= 0.3 is 19.8 Å². The summed E-state index contributed by atoms with van der Waals surface area (Å²) in [5.41, 5.74) is 0. The number of phosphoric acid groups is 1. The zero-order valence-electron chi connectivity index (χ0n) is 40.4. The lowest BCUT2D eigenvalue weighted by molar-refractivity contribution is -0.870. The number of hydrogen-bond donors (Lipinski definition) is 2. The highest BCUT2D eigenvalue weighted by Crippen LogP contribution is 2.43. The lowest BCUT2D eigenvalue weighted by atomic mass is 10.1. The second-order valence-corrected chi connectivity index (χ2v) is 18.8. The molecule has 3 atom stereocenters. The van der Waals surface area contributed by atoms with Crippen LogP contribution in [0.5, 0.6) is 0 Å². The van der Waals surface area contributed by atoms with Crippen LogP contribution in [0.2, 0.25) is 0 Å². The smallest absolute Gasteiger partial charge is 0.462 e. The van der Waals surface area contributed by atoms with Crippen LogP contribution < -0.4 is 0 Å². The van der Waals surface area contributed by atoms with Crippen molar-refractivity contribution in [1.82, 2.24) is 0 Å². The highest BCUT2D eigenvalue weighted by Gasteiger charge is 2.27. The zero-order valence-corrected chi connectivity index (χ0v) is 41.3. The van der Waals surface area contributed by atoms with Crippen molar-refractivity contribution in [3.05, 3.63) is 85.1 Å². The molecule has 0 aromatic heterocycles. The van der Waals surface area contributed by atoms with Crippen molar-refractivity contribution in [3.63, 3.8) is 0 Å². The summed E-state index contributed by atoms with van der Waals surface area (Å²) in [5, 5.41) is 9.85. The fourth-order valence-corrected chi connectivity index (χ4v) is 6.92. The molecule has 0 aromatic carbocycles. The summed E-state index contributed by atoms with van der Waals surface area (Å²) < 4.78 is 34.3. The molecule has 0 heterocycles. The molecule has 63 heavy (non-hydrogen) atoms. The minimum absolute atomic E-state index is 0.00965. The Kier molecular flexibility index (Phi) is 41.1. The molecule has 362 valence electrons. The van der Waals surface area contributed by atoms with Gasteiger partial charge in [0.1, 0.15) is 19.8 Å². The van der Waals surface area contributed by atoms with Crippen molar-refractivity contribution in [1.29, 1.82) is 0 Å². The molecular weight excluding hydrogens is 814 g/mol. The Labute approximate surface area is 384 Å². The van der Waals surface area contributed by atoms with E-state index in [0.29, 0.717) is 30.3 Å². The fraction of sp³-hybridized carbons (Fsp3) is 0.692. The lowest BCUT2D eigenvalue weighted by Crippen LogP contribution is -2.37. The largest absolute Gasteiger partial charge is 0.472 e. The number of quaternary nitrogens is 1. The minimum Gasteiger partial charge on any atom is -0.462 e. The van der Waals surface area contributed by atoms with Crippen molar-refractivity contribution in [3.8, 4) is 0 Å². The monoisotopic (exact) mass is 905 g/mol. The van der Waals surface area contributed by atoms with Gasteiger partial charge in [-0.2, -0.15) is 0 Å². The number of ether oxygens (including phenoxy) is 2. The molecule has 0 bridgehead atoms. The van der Waals surface area contributed by atoms with Crippen LogP contribution in [0.4, 0.5) is 0 Å². The van der Waals surface area contributed by atoms with E-state index in [-0.39, 0.29) is 26.1 Å². The maximum Gasteiger partial charge on any atom is 0.472 e. The third kappa shape index (κ3) is 46.9. The molecule has 0 saturated carbocycles. The summed E-state index contributed by atoms with van der Waals surface area (Å²) in [6, 6.07) is 0. The Morgan fingerprint density at radius 2 is 1.13 bits per heavy atom. The Morgan fingerprint density at radius 1 is 0.587 bits per heavy atom. The number of carbonyl (C=O) groups is 2. The number of phosphoric ester groups is 1. The number of unbranched alkanes of at least 4 members (excludes halogenated alkanes) is 15. The second-order valence-electron chi connectivity index (χ2n) is 17.3. The topological polar surface area (TPSA) is 129 Å². The van der Waals surface area contributed by atoms with Crippen LogP contribution in [0.25, 0.3) is 0 Å². The van der Waals surface area contributed by atoms with Gasteiger partial charge in [-0.25, -0.2) is 4.57 Å². The van der Waals surface area contributed by atoms with Crippen LogP contribution in [-0.4, -0.2) is 86.1 Å². The van der Waals surface area contributed by atoms with Crippen LogP contribution in [0.3, 0.4) is 0 Å². The normalized spacial score (nSPS) is 14.7.